The lowest BCUT2D eigenvalue weighted by Crippen LogP contribution is -2.18. The molecule has 0 aliphatic heterocycles. The summed E-state index contributed by atoms with van der Waals surface area (Å²) in [5.41, 5.74) is 0. The molecule has 70 valence electrons. The second-order valence-corrected chi connectivity index (χ2v) is 4.15. The monoisotopic (exact) mass is 208 g/mol. The summed E-state index contributed by atoms with van der Waals surface area (Å²) < 4.78 is 3.75. The van der Waals surface area contributed by atoms with Gasteiger partial charge in [0.2, 0.25) is 0 Å². The van der Waals surface area contributed by atoms with E-state index in [2.05, 4.69) is 36.6 Å². The smallest absolute Gasteiger partial charge is 0.308 e. The molecule has 0 unspecified atom stereocenters. The van der Waals surface area contributed by atoms with Crippen LogP contribution in [0.1, 0.15) is 6.42 Å². The van der Waals surface area contributed by atoms with Crippen LogP contribution in [0.2, 0.25) is 0 Å². The minimum Gasteiger partial charge on any atom is -0.463 e. The van der Waals surface area contributed by atoms with E-state index in [1.54, 1.807) is 0 Å². The Morgan fingerprint density at radius 1 is 1.67 bits per heavy atom. The van der Waals surface area contributed by atoms with Crippen LogP contribution in [0, 0.1) is 0 Å². The van der Waals surface area contributed by atoms with E-state index in [1.165, 1.54) is 6.08 Å². The van der Waals surface area contributed by atoms with Crippen LogP contribution in [0.4, 0.5) is 0 Å². The Hall–Kier alpha value is -0.130. The van der Waals surface area contributed by atoms with Gasteiger partial charge < -0.3 is 9.84 Å². The van der Waals surface area contributed by atoms with E-state index >= 15 is 0 Å². The molecular weight excluding hydrogens is 196 g/mol. The van der Waals surface area contributed by atoms with E-state index in [-0.39, 0.29) is 19.6 Å². The highest BCUT2D eigenvalue weighted by Gasteiger charge is 2.20. The maximum Gasteiger partial charge on any atom is 0.308 e. The quantitative estimate of drug-likeness (QED) is 0.269. The highest BCUT2D eigenvalue weighted by atomic mass is 32.2. The molecule has 0 fully saturated rings. The number of ether oxygens (including phenoxy) is 1. The third-order valence-corrected chi connectivity index (χ3v) is 1.77. The third-order valence-electron chi connectivity index (χ3n) is 1.09. The van der Waals surface area contributed by atoms with E-state index in [1.807, 2.05) is 0 Å². The molecule has 3 nitrogen and oxygen atoms in total. The average molecular weight is 208 g/mol. The molecule has 0 heterocycles. The normalized spacial score (nSPS) is 10.9. The van der Waals surface area contributed by atoms with Gasteiger partial charge in [-0.3, -0.25) is 4.79 Å². The van der Waals surface area contributed by atoms with Crippen molar-refractivity contribution in [3.63, 3.8) is 0 Å². The fourth-order valence-electron chi connectivity index (χ4n) is 0.495. The molecule has 0 aliphatic rings. The van der Waals surface area contributed by atoms with E-state index in [4.69, 9.17) is 5.11 Å². The summed E-state index contributed by atoms with van der Waals surface area (Å²) >= 11 is 8.06. The van der Waals surface area contributed by atoms with Gasteiger partial charge in [0.1, 0.15) is 6.61 Å². The summed E-state index contributed by atoms with van der Waals surface area (Å²) in [4.78, 5) is 10.9. The Kier molecular flexibility index (Phi) is 5.44. The zero-order valence-corrected chi connectivity index (χ0v) is 8.35. The van der Waals surface area contributed by atoms with Crippen LogP contribution in [0.25, 0.3) is 0 Å². The third kappa shape index (κ3) is 5.51. The van der Waals surface area contributed by atoms with E-state index < -0.39 is 10.0 Å². The highest BCUT2D eigenvalue weighted by molar-refractivity contribution is 8.00. The van der Waals surface area contributed by atoms with Gasteiger partial charge in [-0.15, -0.1) is 6.58 Å². The first kappa shape index (κ1) is 11.9. The zero-order chi connectivity index (χ0) is 9.61. The second-order valence-electron chi connectivity index (χ2n) is 2.20. The maximum atomic E-state index is 10.9. The number of carbonyl (C=O) groups is 1. The SMILES string of the molecule is C=CC(S)(S)CC(=O)OCCO. The van der Waals surface area contributed by atoms with Crippen molar-refractivity contribution < 1.29 is 14.6 Å². The van der Waals surface area contributed by atoms with E-state index in [0.717, 1.165) is 0 Å². The van der Waals surface area contributed by atoms with Gasteiger partial charge in [-0.1, -0.05) is 6.08 Å². The highest BCUT2D eigenvalue weighted by Crippen LogP contribution is 2.25. The first-order valence-electron chi connectivity index (χ1n) is 3.36. The lowest BCUT2D eigenvalue weighted by Gasteiger charge is -2.15. The Labute approximate surface area is 82.6 Å². The van der Waals surface area contributed by atoms with Crippen LogP contribution in [0.5, 0.6) is 0 Å². The molecule has 0 aromatic heterocycles. The fraction of sp³-hybridized carbons (Fsp3) is 0.571. The number of carbonyl (C=O) groups excluding carboxylic acids is 1. The average Bonchev–Trinajstić information content (AvgIpc) is 2.00. The number of hydrogen-bond acceptors (Lipinski definition) is 5. The van der Waals surface area contributed by atoms with Crippen molar-refractivity contribution in [2.75, 3.05) is 13.2 Å². The molecule has 0 saturated heterocycles. The van der Waals surface area contributed by atoms with Gasteiger partial charge >= 0.3 is 5.97 Å². The Morgan fingerprint density at radius 2 is 2.25 bits per heavy atom. The van der Waals surface area contributed by atoms with Gasteiger partial charge in [0.25, 0.3) is 0 Å². The summed E-state index contributed by atoms with van der Waals surface area (Å²) in [6.07, 6.45) is 1.47. The second kappa shape index (κ2) is 5.50. The summed E-state index contributed by atoms with van der Waals surface area (Å²) in [6, 6.07) is 0. The van der Waals surface area contributed by atoms with Gasteiger partial charge in [-0.2, -0.15) is 25.3 Å². The van der Waals surface area contributed by atoms with Crippen molar-refractivity contribution in [3.8, 4) is 0 Å². The van der Waals surface area contributed by atoms with Crippen molar-refractivity contribution in [1.29, 1.82) is 0 Å². The lowest BCUT2D eigenvalue weighted by molar-refractivity contribution is -0.144. The predicted molar refractivity (Wildman–Crippen MR) is 53.6 cm³/mol. The summed E-state index contributed by atoms with van der Waals surface area (Å²) in [5.74, 6) is -0.450. The topological polar surface area (TPSA) is 46.5 Å². The van der Waals surface area contributed by atoms with E-state index in [9.17, 15) is 4.79 Å². The number of hydrogen-bond donors (Lipinski definition) is 3. The van der Waals surface area contributed by atoms with Crippen LogP contribution in [-0.2, 0) is 9.53 Å². The fourth-order valence-corrected chi connectivity index (χ4v) is 0.753. The van der Waals surface area contributed by atoms with Crippen molar-refractivity contribution in [2.24, 2.45) is 0 Å². The first-order valence-corrected chi connectivity index (χ1v) is 4.26. The number of rotatable bonds is 5. The molecule has 0 aromatic rings. The zero-order valence-electron chi connectivity index (χ0n) is 6.56. The number of esters is 1. The maximum absolute atomic E-state index is 10.9. The molecule has 0 aliphatic carbocycles. The molecule has 0 aromatic carbocycles. The first-order chi connectivity index (χ1) is 5.52. The largest absolute Gasteiger partial charge is 0.463 e. The van der Waals surface area contributed by atoms with Crippen molar-refractivity contribution in [3.05, 3.63) is 12.7 Å². The minimum atomic E-state index is -0.841. The summed E-state index contributed by atoms with van der Waals surface area (Å²) in [7, 11) is 0. The van der Waals surface area contributed by atoms with Crippen LogP contribution >= 0.6 is 25.3 Å². The molecule has 0 spiro atoms. The van der Waals surface area contributed by atoms with Gasteiger partial charge in [0.05, 0.1) is 17.1 Å². The van der Waals surface area contributed by atoms with Gasteiger partial charge in [0.15, 0.2) is 0 Å². The molecule has 0 bridgehead atoms. The van der Waals surface area contributed by atoms with Crippen molar-refractivity contribution in [1.82, 2.24) is 0 Å². The van der Waals surface area contributed by atoms with Crippen LogP contribution in [-0.4, -0.2) is 28.4 Å². The van der Waals surface area contributed by atoms with Crippen molar-refractivity contribution in [2.45, 2.75) is 10.5 Å². The van der Waals surface area contributed by atoms with Crippen LogP contribution in [0.3, 0.4) is 0 Å². The molecule has 0 amide bonds. The van der Waals surface area contributed by atoms with Gasteiger partial charge in [-0.05, 0) is 0 Å². The number of aliphatic hydroxyl groups is 1. The van der Waals surface area contributed by atoms with Crippen LogP contribution in [0.15, 0.2) is 12.7 Å². The van der Waals surface area contributed by atoms with Crippen molar-refractivity contribution >= 4 is 31.2 Å². The molecule has 0 saturated carbocycles. The minimum absolute atomic E-state index is 0.00755. The van der Waals surface area contributed by atoms with Crippen LogP contribution < -0.4 is 0 Å². The van der Waals surface area contributed by atoms with E-state index in [0.29, 0.717) is 0 Å². The number of thiol groups is 2. The van der Waals surface area contributed by atoms with Gasteiger partial charge in [0, 0.05) is 0 Å². The molecule has 0 radical (unpaired) electrons. The molecule has 12 heavy (non-hydrogen) atoms. The molecule has 1 N–H and O–H groups in total. The molecule has 5 heteroatoms. The molecule has 0 atom stereocenters. The lowest BCUT2D eigenvalue weighted by atomic mass is 10.3. The molecule has 0 rings (SSSR count). The summed E-state index contributed by atoms with van der Waals surface area (Å²) in [6.45, 7) is 3.29. The Balaban J connectivity index is 3.76. The standard InChI is InChI=1S/C7H12O3S2/c1-2-7(11,12)5-6(9)10-4-3-8/h2,8,11-12H,1,3-5H2. The Bertz CT molecular complexity index is 168. The summed E-state index contributed by atoms with van der Waals surface area (Å²) in [5, 5.41) is 8.34. The predicted octanol–water partition coefficient (Wildman–Crippen LogP) is 0.654. The molecular formula is C7H12O3S2. The number of aliphatic hydroxyl groups excluding tert-OH is 1. The Morgan fingerprint density at radius 3 is 2.67 bits per heavy atom. The van der Waals surface area contributed by atoms with Gasteiger partial charge in [-0.25, -0.2) is 0 Å².